The van der Waals surface area contributed by atoms with Gasteiger partial charge < -0.3 is 14.9 Å². The van der Waals surface area contributed by atoms with Crippen molar-refractivity contribution in [3.05, 3.63) is 0 Å². The van der Waals surface area contributed by atoms with E-state index in [4.69, 9.17) is 5.11 Å². The van der Waals surface area contributed by atoms with Gasteiger partial charge in [0.1, 0.15) is 0 Å². The Morgan fingerprint density at radius 1 is 1.37 bits per heavy atom. The van der Waals surface area contributed by atoms with Crippen LogP contribution in [-0.2, 0) is 9.59 Å². The van der Waals surface area contributed by atoms with Gasteiger partial charge in [0.2, 0.25) is 5.91 Å². The molecule has 0 radical (unpaired) electrons. The standard InChI is InChI=1S/C14H26N2O3/c1-14(2,10-13(18)19)16(4)12(17)9-11-7-5-6-8-15(11)3/h11H,5-10H2,1-4H3,(H,18,19). The Balaban J connectivity index is 2.58. The van der Waals surface area contributed by atoms with E-state index >= 15 is 0 Å². The van der Waals surface area contributed by atoms with Gasteiger partial charge in [0, 0.05) is 25.0 Å². The molecular weight excluding hydrogens is 244 g/mol. The van der Waals surface area contributed by atoms with E-state index in [0.29, 0.717) is 12.5 Å². The molecule has 1 unspecified atom stereocenters. The van der Waals surface area contributed by atoms with Crippen LogP contribution in [0.3, 0.4) is 0 Å². The second-order valence-electron chi connectivity index (χ2n) is 6.17. The zero-order chi connectivity index (χ0) is 14.6. The first-order valence-corrected chi connectivity index (χ1v) is 6.93. The highest BCUT2D eigenvalue weighted by atomic mass is 16.4. The third-order valence-electron chi connectivity index (χ3n) is 4.20. The summed E-state index contributed by atoms with van der Waals surface area (Å²) in [6, 6.07) is 0.296. The van der Waals surface area contributed by atoms with Crippen molar-refractivity contribution in [2.75, 3.05) is 20.6 Å². The lowest BCUT2D eigenvalue weighted by atomic mass is 9.95. The van der Waals surface area contributed by atoms with Crippen LogP contribution in [0.25, 0.3) is 0 Å². The summed E-state index contributed by atoms with van der Waals surface area (Å²) in [4.78, 5) is 27.0. The monoisotopic (exact) mass is 270 g/mol. The average Bonchev–Trinajstić information content (AvgIpc) is 2.29. The summed E-state index contributed by atoms with van der Waals surface area (Å²) in [6.45, 7) is 4.63. The highest BCUT2D eigenvalue weighted by molar-refractivity contribution is 5.78. The smallest absolute Gasteiger partial charge is 0.305 e. The van der Waals surface area contributed by atoms with E-state index in [1.807, 2.05) is 0 Å². The number of carbonyl (C=O) groups is 2. The Hall–Kier alpha value is -1.10. The lowest BCUT2D eigenvalue weighted by Gasteiger charge is -2.38. The molecule has 0 aromatic carbocycles. The van der Waals surface area contributed by atoms with Crippen molar-refractivity contribution < 1.29 is 14.7 Å². The zero-order valence-electron chi connectivity index (χ0n) is 12.5. The van der Waals surface area contributed by atoms with Gasteiger partial charge in [0.25, 0.3) is 0 Å². The van der Waals surface area contributed by atoms with Crippen molar-refractivity contribution >= 4 is 11.9 Å². The summed E-state index contributed by atoms with van der Waals surface area (Å²) in [5.41, 5.74) is -0.643. The number of aliphatic carboxylic acids is 1. The quantitative estimate of drug-likeness (QED) is 0.824. The number of carboxylic acids is 1. The van der Waals surface area contributed by atoms with Gasteiger partial charge in [0.05, 0.1) is 6.42 Å². The van der Waals surface area contributed by atoms with Gasteiger partial charge >= 0.3 is 5.97 Å². The van der Waals surface area contributed by atoms with Gasteiger partial charge in [-0.2, -0.15) is 0 Å². The summed E-state index contributed by atoms with van der Waals surface area (Å²) in [7, 11) is 3.76. The Morgan fingerprint density at radius 2 is 2.00 bits per heavy atom. The number of nitrogens with zero attached hydrogens (tertiary/aromatic N) is 2. The van der Waals surface area contributed by atoms with E-state index in [0.717, 1.165) is 13.0 Å². The first-order valence-electron chi connectivity index (χ1n) is 6.93. The fourth-order valence-electron chi connectivity index (χ4n) is 2.57. The summed E-state index contributed by atoms with van der Waals surface area (Å²) in [5, 5.41) is 8.90. The molecule has 1 atom stereocenters. The molecule has 1 aliphatic rings. The number of piperidine rings is 1. The fourth-order valence-corrected chi connectivity index (χ4v) is 2.57. The van der Waals surface area contributed by atoms with Crippen molar-refractivity contribution in [3.63, 3.8) is 0 Å². The predicted molar refractivity (Wildman–Crippen MR) is 74.0 cm³/mol. The molecule has 1 aliphatic heterocycles. The highest BCUT2D eigenvalue weighted by Gasteiger charge is 2.32. The van der Waals surface area contributed by atoms with Gasteiger partial charge in [-0.3, -0.25) is 9.59 Å². The summed E-state index contributed by atoms with van der Waals surface area (Å²) in [5.74, 6) is -0.843. The minimum absolute atomic E-state index is 0.0320. The summed E-state index contributed by atoms with van der Waals surface area (Å²) >= 11 is 0. The summed E-state index contributed by atoms with van der Waals surface area (Å²) < 4.78 is 0. The molecule has 19 heavy (non-hydrogen) atoms. The lowest BCUT2D eigenvalue weighted by molar-refractivity contribution is -0.143. The number of carbonyl (C=O) groups excluding carboxylic acids is 1. The van der Waals surface area contributed by atoms with E-state index in [9.17, 15) is 9.59 Å². The molecular formula is C14H26N2O3. The normalized spacial score (nSPS) is 21.2. The molecule has 1 heterocycles. The van der Waals surface area contributed by atoms with Gasteiger partial charge in [-0.1, -0.05) is 6.42 Å². The molecule has 0 bridgehead atoms. The SMILES string of the molecule is CN1CCCCC1CC(=O)N(C)C(C)(C)CC(=O)O. The number of rotatable bonds is 5. The Bertz CT molecular complexity index is 342. The second kappa shape index (κ2) is 6.37. The number of hydrogen-bond donors (Lipinski definition) is 1. The Kier molecular flexibility index (Phi) is 5.35. The molecule has 5 nitrogen and oxygen atoms in total. The minimum Gasteiger partial charge on any atom is -0.481 e. The molecule has 0 spiro atoms. The maximum atomic E-state index is 12.3. The van der Waals surface area contributed by atoms with E-state index in [2.05, 4.69) is 11.9 Å². The van der Waals surface area contributed by atoms with Crippen LogP contribution >= 0.6 is 0 Å². The molecule has 0 aromatic heterocycles. The average molecular weight is 270 g/mol. The van der Waals surface area contributed by atoms with Gasteiger partial charge in [-0.15, -0.1) is 0 Å². The molecule has 1 fully saturated rings. The van der Waals surface area contributed by atoms with Crippen LogP contribution in [-0.4, -0.2) is 59.0 Å². The molecule has 0 saturated carbocycles. The third kappa shape index (κ3) is 4.49. The van der Waals surface area contributed by atoms with Crippen molar-refractivity contribution in [2.45, 2.75) is 57.5 Å². The highest BCUT2D eigenvalue weighted by Crippen LogP contribution is 2.22. The fraction of sp³-hybridized carbons (Fsp3) is 0.857. The lowest BCUT2D eigenvalue weighted by Crippen LogP contribution is -2.49. The molecule has 5 heteroatoms. The van der Waals surface area contributed by atoms with Gasteiger partial charge in [0.15, 0.2) is 0 Å². The van der Waals surface area contributed by atoms with E-state index in [-0.39, 0.29) is 12.3 Å². The largest absolute Gasteiger partial charge is 0.481 e. The molecule has 1 rings (SSSR count). The first kappa shape index (κ1) is 16.0. The maximum Gasteiger partial charge on any atom is 0.305 e. The topological polar surface area (TPSA) is 60.9 Å². The van der Waals surface area contributed by atoms with Gasteiger partial charge in [-0.25, -0.2) is 0 Å². The summed E-state index contributed by atoms with van der Waals surface area (Å²) in [6.07, 6.45) is 3.87. The van der Waals surface area contributed by atoms with Crippen LogP contribution in [0.15, 0.2) is 0 Å². The number of amides is 1. The number of likely N-dealkylation sites (tertiary alicyclic amines) is 1. The molecule has 0 aromatic rings. The maximum absolute atomic E-state index is 12.3. The van der Waals surface area contributed by atoms with E-state index in [1.165, 1.54) is 12.8 Å². The molecule has 1 amide bonds. The third-order valence-corrected chi connectivity index (χ3v) is 4.20. The second-order valence-corrected chi connectivity index (χ2v) is 6.17. The molecule has 110 valence electrons. The first-order chi connectivity index (χ1) is 8.74. The zero-order valence-corrected chi connectivity index (χ0v) is 12.5. The van der Waals surface area contributed by atoms with Crippen LogP contribution in [0.1, 0.15) is 46.0 Å². The number of hydrogen-bond acceptors (Lipinski definition) is 3. The molecule has 0 aliphatic carbocycles. The van der Waals surface area contributed by atoms with Crippen molar-refractivity contribution in [1.29, 1.82) is 0 Å². The van der Waals surface area contributed by atoms with Gasteiger partial charge in [-0.05, 0) is 40.3 Å². The minimum atomic E-state index is -0.876. The molecule has 1 N–H and O–H groups in total. The molecule has 1 saturated heterocycles. The number of carboxylic acid groups (broad SMARTS) is 1. The van der Waals surface area contributed by atoms with Crippen molar-refractivity contribution in [1.82, 2.24) is 9.80 Å². The van der Waals surface area contributed by atoms with Crippen LogP contribution in [0.5, 0.6) is 0 Å². The van der Waals surface area contributed by atoms with Crippen LogP contribution in [0.2, 0.25) is 0 Å². The van der Waals surface area contributed by atoms with Crippen molar-refractivity contribution in [3.8, 4) is 0 Å². The van der Waals surface area contributed by atoms with Crippen LogP contribution in [0, 0.1) is 0 Å². The Labute approximate surface area is 115 Å². The van der Waals surface area contributed by atoms with Crippen LogP contribution < -0.4 is 0 Å². The van der Waals surface area contributed by atoms with E-state index in [1.54, 1.807) is 25.8 Å². The van der Waals surface area contributed by atoms with E-state index < -0.39 is 11.5 Å². The van der Waals surface area contributed by atoms with Crippen LogP contribution in [0.4, 0.5) is 0 Å². The predicted octanol–water partition coefficient (Wildman–Crippen LogP) is 1.57. The van der Waals surface area contributed by atoms with Crippen molar-refractivity contribution in [2.24, 2.45) is 0 Å². The Morgan fingerprint density at radius 3 is 2.53 bits per heavy atom.